The van der Waals surface area contributed by atoms with Crippen LogP contribution in [0.2, 0.25) is 0 Å². The maximum atomic E-state index is 11.7. The van der Waals surface area contributed by atoms with Crippen molar-refractivity contribution in [1.29, 1.82) is 0 Å². The number of carbonyl (C=O) groups excluding carboxylic acids is 1. The highest BCUT2D eigenvalue weighted by Gasteiger charge is 2.19. The Labute approximate surface area is 105 Å². The summed E-state index contributed by atoms with van der Waals surface area (Å²) in [7, 11) is 3.75. The number of benzene rings is 1. The molecule has 0 bridgehead atoms. The number of nitrogens with one attached hydrogen (secondary N) is 1. The summed E-state index contributed by atoms with van der Waals surface area (Å²) >= 11 is 0. The Balaban J connectivity index is 2.75. The van der Waals surface area contributed by atoms with Gasteiger partial charge >= 0.3 is 5.97 Å². The van der Waals surface area contributed by atoms with Crippen molar-refractivity contribution in [2.24, 2.45) is 0 Å². The van der Waals surface area contributed by atoms with Crippen LogP contribution in [0.25, 0.3) is 0 Å². The monoisotopic (exact) mass is 252 g/mol. The zero-order chi connectivity index (χ0) is 13.7. The summed E-state index contributed by atoms with van der Waals surface area (Å²) in [4.78, 5) is 24.2. The van der Waals surface area contributed by atoms with Crippen LogP contribution in [0.4, 0.5) is 5.69 Å². The standard InChI is InChI=1S/C12H16N2O4/c1-14(2)9-5-3-8(4-6-9)11(16)13-10(7-15)12(17)18/h3-6,10,15H,7H2,1-2H3,(H,13,16)(H,17,18). The van der Waals surface area contributed by atoms with Gasteiger partial charge in [-0.05, 0) is 24.3 Å². The van der Waals surface area contributed by atoms with Gasteiger partial charge in [0, 0.05) is 25.3 Å². The van der Waals surface area contributed by atoms with Crippen molar-refractivity contribution in [1.82, 2.24) is 5.32 Å². The van der Waals surface area contributed by atoms with Crippen LogP contribution < -0.4 is 10.2 Å². The predicted octanol–water partition coefficient (Wildman–Crippen LogP) is -0.0721. The Morgan fingerprint density at radius 2 is 1.83 bits per heavy atom. The number of nitrogens with zero attached hydrogens (tertiary/aromatic N) is 1. The van der Waals surface area contributed by atoms with Crippen molar-refractivity contribution >= 4 is 17.6 Å². The van der Waals surface area contributed by atoms with E-state index >= 15 is 0 Å². The van der Waals surface area contributed by atoms with Crippen LogP contribution in [0.3, 0.4) is 0 Å². The average Bonchev–Trinajstić information content (AvgIpc) is 2.35. The topological polar surface area (TPSA) is 89.9 Å². The lowest BCUT2D eigenvalue weighted by atomic mass is 10.1. The van der Waals surface area contributed by atoms with Gasteiger partial charge in [-0.3, -0.25) is 4.79 Å². The minimum atomic E-state index is -1.29. The zero-order valence-electron chi connectivity index (χ0n) is 10.3. The lowest BCUT2D eigenvalue weighted by molar-refractivity contribution is -0.140. The number of aliphatic hydroxyl groups is 1. The number of anilines is 1. The molecule has 0 heterocycles. The second-order valence-corrected chi connectivity index (χ2v) is 3.99. The van der Waals surface area contributed by atoms with E-state index in [-0.39, 0.29) is 0 Å². The van der Waals surface area contributed by atoms with Gasteiger partial charge < -0.3 is 20.4 Å². The van der Waals surface area contributed by atoms with Crippen LogP contribution in [0.15, 0.2) is 24.3 Å². The molecule has 18 heavy (non-hydrogen) atoms. The van der Waals surface area contributed by atoms with Gasteiger partial charge in [-0.1, -0.05) is 0 Å². The molecule has 0 spiro atoms. The molecule has 0 fully saturated rings. The van der Waals surface area contributed by atoms with Crippen molar-refractivity contribution in [3.8, 4) is 0 Å². The highest BCUT2D eigenvalue weighted by atomic mass is 16.4. The molecule has 1 unspecified atom stereocenters. The molecule has 0 aromatic heterocycles. The Kier molecular flexibility index (Phi) is 4.67. The van der Waals surface area contributed by atoms with Crippen LogP contribution in [-0.4, -0.2) is 48.8 Å². The normalized spacial score (nSPS) is 11.7. The predicted molar refractivity (Wildman–Crippen MR) is 66.7 cm³/mol. The van der Waals surface area contributed by atoms with Crippen LogP contribution >= 0.6 is 0 Å². The van der Waals surface area contributed by atoms with Crippen molar-refractivity contribution in [3.05, 3.63) is 29.8 Å². The lowest BCUT2D eigenvalue weighted by Crippen LogP contribution is -2.43. The van der Waals surface area contributed by atoms with E-state index in [1.54, 1.807) is 24.3 Å². The molecule has 0 aliphatic carbocycles. The van der Waals surface area contributed by atoms with Gasteiger partial charge in [0.05, 0.1) is 6.61 Å². The third kappa shape index (κ3) is 3.46. The quantitative estimate of drug-likeness (QED) is 0.682. The Morgan fingerprint density at radius 1 is 1.28 bits per heavy atom. The number of carboxylic acid groups (broad SMARTS) is 1. The van der Waals surface area contributed by atoms with Gasteiger partial charge in [0.2, 0.25) is 0 Å². The summed E-state index contributed by atoms with van der Waals surface area (Å²) < 4.78 is 0. The fourth-order valence-electron chi connectivity index (χ4n) is 1.34. The van der Waals surface area contributed by atoms with Crippen LogP contribution in [0, 0.1) is 0 Å². The summed E-state index contributed by atoms with van der Waals surface area (Å²) in [5.41, 5.74) is 1.28. The molecule has 0 radical (unpaired) electrons. The fourth-order valence-corrected chi connectivity index (χ4v) is 1.34. The molecular weight excluding hydrogens is 236 g/mol. The molecule has 0 saturated carbocycles. The molecule has 3 N–H and O–H groups in total. The number of carboxylic acids is 1. The molecule has 1 aromatic rings. The molecular formula is C12H16N2O4. The summed E-state index contributed by atoms with van der Waals surface area (Å²) in [5, 5.41) is 19.7. The van der Waals surface area contributed by atoms with E-state index < -0.39 is 24.5 Å². The largest absolute Gasteiger partial charge is 0.480 e. The molecule has 0 aliphatic rings. The van der Waals surface area contributed by atoms with E-state index in [0.29, 0.717) is 5.56 Å². The smallest absolute Gasteiger partial charge is 0.328 e. The molecule has 6 heteroatoms. The van der Waals surface area contributed by atoms with Gasteiger partial charge in [0.1, 0.15) is 0 Å². The van der Waals surface area contributed by atoms with Crippen molar-refractivity contribution in [2.45, 2.75) is 6.04 Å². The Hall–Kier alpha value is -2.08. The molecule has 0 aliphatic heterocycles. The first kappa shape index (κ1) is 14.0. The maximum absolute atomic E-state index is 11.7. The second kappa shape index (κ2) is 6.02. The molecule has 98 valence electrons. The minimum absolute atomic E-state index is 0.348. The molecule has 1 aromatic carbocycles. The van der Waals surface area contributed by atoms with Crippen LogP contribution in [-0.2, 0) is 4.79 Å². The number of aliphatic carboxylic acids is 1. The maximum Gasteiger partial charge on any atom is 0.328 e. The molecule has 1 amide bonds. The van der Waals surface area contributed by atoms with E-state index in [0.717, 1.165) is 5.69 Å². The third-order valence-corrected chi connectivity index (χ3v) is 2.43. The number of aliphatic hydroxyl groups excluding tert-OH is 1. The van der Waals surface area contributed by atoms with E-state index in [4.69, 9.17) is 10.2 Å². The molecule has 0 saturated heterocycles. The van der Waals surface area contributed by atoms with Gasteiger partial charge in [-0.15, -0.1) is 0 Å². The fraction of sp³-hybridized carbons (Fsp3) is 0.333. The first-order valence-corrected chi connectivity index (χ1v) is 5.37. The number of hydrogen-bond donors (Lipinski definition) is 3. The van der Waals surface area contributed by atoms with Gasteiger partial charge in [0.15, 0.2) is 6.04 Å². The number of carbonyl (C=O) groups is 2. The molecule has 1 rings (SSSR count). The van der Waals surface area contributed by atoms with Gasteiger partial charge in [-0.25, -0.2) is 4.79 Å². The average molecular weight is 252 g/mol. The first-order chi connectivity index (χ1) is 8.45. The van der Waals surface area contributed by atoms with Crippen LogP contribution in [0.5, 0.6) is 0 Å². The highest BCUT2D eigenvalue weighted by molar-refractivity contribution is 5.96. The van der Waals surface area contributed by atoms with Gasteiger partial charge in [-0.2, -0.15) is 0 Å². The Morgan fingerprint density at radius 3 is 2.22 bits per heavy atom. The van der Waals surface area contributed by atoms with E-state index in [1.165, 1.54) is 0 Å². The van der Waals surface area contributed by atoms with Crippen molar-refractivity contribution in [3.63, 3.8) is 0 Å². The van der Waals surface area contributed by atoms with Gasteiger partial charge in [0.25, 0.3) is 5.91 Å². The summed E-state index contributed by atoms with van der Waals surface area (Å²) in [5.74, 6) is -1.79. The summed E-state index contributed by atoms with van der Waals surface area (Å²) in [6.07, 6.45) is 0. The lowest BCUT2D eigenvalue weighted by Gasteiger charge is -2.14. The number of amides is 1. The summed E-state index contributed by atoms with van der Waals surface area (Å²) in [6, 6.07) is 5.42. The second-order valence-electron chi connectivity index (χ2n) is 3.99. The summed E-state index contributed by atoms with van der Waals surface area (Å²) in [6.45, 7) is -0.642. The van der Waals surface area contributed by atoms with Crippen molar-refractivity contribution < 1.29 is 19.8 Å². The number of rotatable bonds is 5. The highest BCUT2D eigenvalue weighted by Crippen LogP contribution is 2.12. The van der Waals surface area contributed by atoms with E-state index in [2.05, 4.69) is 5.32 Å². The van der Waals surface area contributed by atoms with Crippen LogP contribution in [0.1, 0.15) is 10.4 Å². The zero-order valence-corrected chi connectivity index (χ0v) is 10.3. The Bertz CT molecular complexity index is 428. The third-order valence-electron chi connectivity index (χ3n) is 2.43. The molecule has 1 atom stereocenters. The minimum Gasteiger partial charge on any atom is -0.480 e. The SMILES string of the molecule is CN(C)c1ccc(C(=O)NC(CO)C(=O)O)cc1. The van der Waals surface area contributed by atoms with E-state index in [1.807, 2.05) is 19.0 Å². The molecule has 6 nitrogen and oxygen atoms in total. The van der Waals surface area contributed by atoms with Crippen molar-refractivity contribution in [2.75, 3.05) is 25.6 Å². The number of hydrogen-bond acceptors (Lipinski definition) is 4. The van der Waals surface area contributed by atoms with E-state index in [9.17, 15) is 9.59 Å². The first-order valence-electron chi connectivity index (χ1n) is 5.37.